The largest absolute Gasteiger partial charge is 0.308 e. The summed E-state index contributed by atoms with van der Waals surface area (Å²) in [5, 5.41) is 0. The van der Waals surface area contributed by atoms with Gasteiger partial charge < -0.3 is 9.80 Å². The number of anilines is 2. The Hall–Kier alpha value is -5.48. The zero-order valence-electron chi connectivity index (χ0n) is 24.0. The Morgan fingerprint density at radius 3 is 1.19 bits per heavy atom. The molecule has 4 nitrogen and oxygen atoms in total. The minimum atomic E-state index is 0.775. The topological polar surface area (TPSA) is 31.2 Å². The molecule has 0 spiro atoms. The zero-order chi connectivity index (χ0) is 29.0. The Balaban J connectivity index is 1.47. The molecule has 0 saturated carbocycles. The van der Waals surface area contributed by atoms with Crippen LogP contribution in [0.1, 0.15) is 13.8 Å². The number of para-hydroxylation sites is 4. The van der Waals surface area contributed by atoms with Crippen LogP contribution >= 0.6 is 0 Å². The maximum Gasteiger partial charge on any atom is 0.0998 e. The van der Waals surface area contributed by atoms with Gasteiger partial charge >= 0.3 is 0 Å². The van der Waals surface area contributed by atoms with Gasteiger partial charge in [-0.1, -0.05) is 121 Å². The predicted molar refractivity (Wildman–Crippen MR) is 181 cm³/mol. The summed E-state index contributed by atoms with van der Waals surface area (Å²) in [6.07, 6.45) is 11.8. The molecule has 206 valence electrons. The third kappa shape index (κ3) is 6.80. The summed E-state index contributed by atoms with van der Waals surface area (Å²) in [6, 6.07) is 45.5. The molecule has 0 aliphatic rings. The summed E-state index contributed by atoms with van der Waals surface area (Å²) in [6.45, 7) is 4.01. The van der Waals surface area contributed by atoms with E-state index in [9.17, 15) is 0 Å². The van der Waals surface area contributed by atoms with E-state index in [0.717, 1.165) is 45.0 Å². The average molecular weight is 547 g/mol. The first-order valence-corrected chi connectivity index (χ1v) is 14.1. The monoisotopic (exact) mass is 546 g/mol. The van der Waals surface area contributed by atoms with E-state index in [4.69, 9.17) is 9.98 Å². The predicted octanol–water partition coefficient (Wildman–Crippen LogP) is 10.4. The summed E-state index contributed by atoms with van der Waals surface area (Å²) >= 11 is 0. The Morgan fingerprint density at radius 1 is 0.429 bits per heavy atom. The van der Waals surface area contributed by atoms with Crippen molar-refractivity contribution < 1.29 is 0 Å². The summed E-state index contributed by atoms with van der Waals surface area (Å²) < 4.78 is 0. The Bertz CT molecular complexity index is 1570. The maximum atomic E-state index is 4.90. The molecule has 0 radical (unpaired) electrons. The molecule has 5 aromatic carbocycles. The highest BCUT2D eigenvalue weighted by atomic mass is 15.2. The number of nitrogens with zero attached hydrogens (tertiary/aromatic N) is 4. The highest BCUT2D eigenvalue weighted by molar-refractivity contribution is 5.94. The minimum Gasteiger partial charge on any atom is -0.308 e. The lowest BCUT2D eigenvalue weighted by atomic mass is 10.0. The smallest absolute Gasteiger partial charge is 0.0998 e. The lowest BCUT2D eigenvalue weighted by molar-refractivity contribution is 1.33. The zero-order valence-corrected chi connectivity index (χ0v) is 24.0. The van der Waals surface area contributed by atoms with Gasteiger partial charge in [0.2, 0.25) is 0 Å². The second-order valence-electron chi connectivity index (χ2n) is 9.52. The fourth-order valence-corrected chi connectivity index (χ4v) is 4.74. The van der Waals surface area contributed by atoms with Gasteiger partial charge in [0.15, 0.2) is 0 Å². The van der Waals surface area contributed by atoms with Gasteiger partial charge in [-0.25, -0.2) is 9.98 Å². The molecule has 42 heavy (non-hydrogen) atoms. The number of aliphatic imine (C=N–C) groups is 2. The quantitative estimate of drug-likeness (QED) is 0.129. The number of hydrogen-bond donors (Lipinski definition) is 0. The van der Waals surface area contributed by atoms with Gasteiger partial charge in [0.25, 0.3) is 0 Å². The molecular formula is C38H34N4. The van der Waals surface area contributed by atoms with E-state index in [1.807, 2.05) is 109 Å². The fraction of sp³-hybridized carbons (Fsp3) is 0.0526. The van der Waals surface area contributed by atoms with Crippen molar-refractivity contribution in [2.75, 3.05) is 9.80 Å². The van der Waals surface area contributed by atoms with E-state index < -0.39 is 0 Å². The fourth-order valence-electron chi connectivity index (χ4n) is 4.74. The molecule has 0 aromatic heterocycles. The first kappa shape index (κ1) is 28.1. The van der Waals surface area contributed by atoms with Gasteiger partial charge in [-0.2, -0.15) is 0 Å². The van der Waals surface area contributed by atoms with Gasteiger partial charge in [0.1, 0.15) is 0 Å². The van der Waals surface area contributed by atoms with Crippen molar-refractivity contribution >= 4 is 35.4 Å². The van der Waals surface area contributed by atoms with Crippen LogP contribution in [0.4, 0.5) is 22.7 Å². The van der Waals surface area contributed by atoms with Crippen LogP contribution in [0.3, 0.4) is 0 Å². The Kier molecular flexibility index (Phi) is 9.51. The van der Waals surface area contributed by atoms with Crippen molar-refractivity contribution in [3.63, 3.8) is 0 Å². The molecular weight excluding hydrogens is 512 g/mol. The molecule has 0 atom stereocenters. The number of hydrogen-bond acceptors (Lipinski definition) is 2. The van der Waals surface area contributed by atoms with Crippen LogP contribution in [0, 0.1) is 0 Å². The van der Waals surface area contributed by atoms with Crippen molar-refractivity contribution in [1.82, 2.24) is 0 Å². The molecule has 0 unspecified atom stereocenters. The van der Waals surface area contributed by atoms with Crippen LogP contribution < -0.4 is 9.80 Å². The molecule has 5 aromatic rings. The van der Waals surface area contributed by atoms with Crippen molar-refractivity contribution in [2.45, 2.75) is 13.8 Å². The van der Waals surface area contributed by atoms with Crippen molar-refractivity contribution in [2.24, 2.45) is 9.98 Å². The second kappa shape index (κ2) is 14.2. The molecule has 4 heteroatoms. The van der Waals surface area contributed by atoms with Crippen LogP contribution in [-0.4, -0.2) is 12.7 Å². The summed E-state index contributed by atoms with van der Waals surface area (Å²) in [4.78, 5) is 13.9. The highest BCUT2D eigenvalue weighted by Gasteiger charge is 2.11. The van der Waals surface area contributed by atoms with E-state index in [2.05, 4.69) is 84.9 Å². The summed E-state index contributed by atoms with van der Waals surface area (Å²) in [5.41, 5.74) is 8.21. The van der Waals surface area contributed by atoms with Crippen molar-refractivity contribution in [3.05, 3.63) is 158 Å². The van der Waals surface area contributed by atoms with Gasteiger partial charge in [0.05, 0.1) is 35.4 Å². The first-order valence-electron chi connectivity index (χ1n) is 14.1. The Labute approximate surface area is 249 Å². The lowest BCUT2D eigenvalue weighted by Gasteiger charge is -2.20. The van der Waals surface area contributed by atoms with E-state index in [1.165, 1.54) is 0 Å². The van der Waals surface area contributed by atoms with Crippen molar-refractivity contribution in [1.29, 1.82) is 0 Å². The molecule has 0 N–H and O–H groups in total. The minimum absolute atomic E-state index is 0.775. The second-order valence-corrected chi connectivity index (χ2v) is 9.52. The number of benzene rings is 5. The Morgan fingerprint density at radius 2 is 0.786 bits per heavy atom. The van der Waals surface area contributed by atoms with E-state index in [0.29, 0.717) is 0 Å². The molecule has 0 heterocycles. The van der Waals surface area contributed by atoms with E-state index in [1.54, 1.807) is 0 Å². The molecule has 0 aliphatic heterocycles. The van der Waals surface area contributed by atoms with Gasteiger partial charge in [0, 0.05) is 23.5 Å². The summed E-state index contributed by atoms with van der Waals surface area (Å²) in [5.74, 6) is 0. The average Bonchev–Trinajstić information content (AvgIpc) is 3.06. The molecule has 0 bridgehead atoms. The van der Waals surface area contributed by atoms with Gasteiger partial charge in [-0.3, -0.25) is 0 Å². The molecule has 0 fully saturated rings. The van der Waals surface area contributed by atoms with Crippen molar-refractivity contribution in [3.8, 4) is 22.3 Å². The maximum absolute atomic E-state index is 4.90. The molecule has 0 aliphatic carbocycles. The standard InChI is InChI=1S/C38H34N4/c1-3-27-41(37-25-15-11-21-33(37)31-17-7-5-8-18-31)29-39-35-23-13-14-24-36(35)40-30-42(28-4-2)38-26-16-12-22-34(38)32-19-9-6-10-20-32/h3-30H,1-2H3/b27-3-,28-4-,39-29?,40-30?. The molecule has 0 amide bonds. The molecule has 5 rings (SSSR count). The van der Waals surface area contributed by atoms with Gasteiger partial charge in [-0.05, 0) is 49.2 Å². The van der Waals surface area contributed by atoms with Crippen LogP contribution in [-0.2, 0) is 0 Å². The molecule has 0 saturated heterocycles. The number of allylic oxidation sites excluding steroid dienone is 2. The summed E-state index contributed by atoms with van der Waals surface area (Å²) in [7, 11) is 0. The van der Waals surface area contributed by atoms with Crippen LogP contribution in [0.5, 0.6) is 0 Å². The highest BCUT2D eigenvalue weighted by Crippen LogP contribution is 2.33. The first-order chi connectivity index (χ1) is 20.8. The van der Waals surface area contributed by atoms with Gasteiger partial charge in [-0.15, -0.1) is 0 Å². The lowest BCUT2D eigenvalue weighted by Crippen LogP contribution is -2.14. The van der Waals surface area contributed by atoms with Crippen LogP contribution in [0.15, 0.2) is 168 Å². The van der Waals surface area contributed by atoms with Crippen LogP contribution in [0.25, 0.3) is 22.3 Å². The number of rotatable bonds is 10. The van der Waals surface area contributed by atoms with E-state index in [-0.39, 0.29) is 0 Å². The third-order valence-corrected chi connectivity index (χ3v) is 6.68. The SMILES string of the molecule is C/C=C\N(C=Nc1ccccc1N=CN(/C=C\C)c1ccccc1-c1ccccc1)c1ccccc1-c1ccccc1. The normalized spacial score (nSPS) is 11.7. The third-order valence-electron chi connectivity index (χ3n) is 6.68. The van der Waals surface area contributed by atoms with E-state index >= 15 is 0 Å². The van der Waals surface area contributed by atoms with Crippen LogP contribution in [0.2, 0.25) is 0 Å².